The molecule has 0 atom stereocenters. The molecule has 296 valence electrons. The second-order valence-electron chi connectivity index (χ2n) is 16.1. The van der Waals surface area contributed by atoms with Crippen LogP contribution in [0.5, 0.6) is 0 Å². The number of hydrogen-bond donors (Lipinski definition) is 0. The zero-order valence-electron chi connectivity index (χ0n) is 34.4. The van der Waals surface area contributed by atoms with Crippen LogP contribution in [0.15, 0.2) is 247 Å². The van der Waals surface area contributed by atoms with E-state index in [4.69, 9.17) is 4.42 Å². The van der Waals surface area contributed by atoms with Crippen LogP contribution in [0.1, 0.15) is 0 Å². The van der Waals surface area contributed by atoms with Crippen LogP contribution in [0.2, 0.25) is 0 Å². The fourth-order valence-corrected chi connectivity index (χ4v) is 9.43. The smallest absolute Gasteiger partial charge is 0.135 e. The predicted octanol–water partition coefficient (Wildman–Crippen LogP) is 16.8. The van der Waals surface area contributed by atoms with Crippen LogP contribution < -0.4 is 4.90 Å². The zero-order chi connectivity index (χ0) is 41.7. The van der Waals surface area contributed by atoms with Gasteiger partial charge in [0.15, 0.2) is 0 Å². The maximum Gasteiger partial charge on any atom is 0.135 e. The van der Waals surface area contributed by atoms with Crippen LogP contribution in [-0.4, -0.2) is 4.57 Å². The number of rotatable bonds is 8. The molecule has 12 rings (SSSR count). The Kier molecular flexibility index (Phi) is 8.83. The SMILES string of the molecule is c1ccc(-c2ccc(-c3ccc(N(c4ccc(-c5ccccc5-c5ccccc5-n5c6ccccc6c6ccccc65)cc4)c4ccc5oc6ccccc6c5c4)cc3)cc2)cc1. The summed E-state index contributed by atoms with van der Waals surface area (Å²) in [4.78, 5) is 2.34. The van der Waals surface area contributed by atoms with Gasteiger partial charge < -0.3 is 13.9 Å². The molecule has 0 radical (unpaired) electrons. The molecule has 12 aromatic rings. The van der Waals surface area contributed by atoms with Crippen molar-refractivity contribution in [3.05, 3.63) is 243 Å². The molecular weight excluding hydrogens is 765 g/mol. The molecule has 10 aromatic carbocycles. The first kappa shape index (κ1) is 36.5. The van der Waals surface area contributed by atoms with Crippen LogP contribution in [-0.2, 0) is 0 Å². The van der Waals surface area contributed by atoms with Crippen molar-refractivity contribution in [1.29, 1.82) is 0 Å². The summed E-state index contributed by atoms with van der Waals surface area (Å²) in [6.45, 7) is 0. The lowest BCUT2D eigenvalue weighted by Crippen LogP contribution is -2.09. The molecule has 3 heteroatoms. The molecule has 0 spiro atoms. The molecule has 0 fully saturated rings. The van der Waals surface area contributed by atoms with Gasteiger partial charge in [0.1, 0.15) is 11.2 Å². The monoisotopic (exact) mass is 804 g/mol. The zero-order valence-corrected chi connectivity index (χ0v) is 34.4. The lowest BCUT2D eigenvalue weighted by atomic mass is 9.93. The number of hydrogen-bond acceptors (Lipinski definition) is 2. The van der Waals surface area contributed by atoms with Gasteiger partial charge in [-0.2, -0.15) is 0 Å². The van der Waals surface area contributed by atoms with Crippen molar-refractivity contribution < 1.29 is 4.42 Å². The van der Waals surface area contributed by atoms with Crippen LogP contribution >= 0.6 is 0 Å². The second kappa shape index (κ2) is 15.3. The number of fused-ring (bicyclic) bond motifs is 6. The Balaban J connectivity index is 0.943. The minimum absolute atomic E-state index is 0.877. The predicted molar refractivity (Wildman–Crippen MR) is 264 cm³/mol. The van der Waals surface area contributed by atoms with Crippen LogP contribution in [0.25, 0.3) is 93.9 Å². The molecule has 0 N–H and O–H groups in total. The minimum Gasteiger partial charge on any atom is -0.456 e. The van der Waals surface area contributed by atoms with E-state index < -0.39 is 0 Å². The average Bonchev–Trinajstić information content (AvgIpc) is 3.90. The van der Waals surface area contributed by atoms with Crippen molar-refractivity contribution >= 4 is 60.8 Å². The summed E-state index contributed by atoms with van der Waals surface area (Å²) < 4.78 is 8.69. The highest BCUT2D eigenvalue weighted by atomic mass is 16.3. The van der Waals surface area contributed by atoms with Gasteiger partial charge in [-0.05, 0) is 106 Å². The molecule has 0 unspecified atom stereocenters. The van der Waals surface area contributed by atoms with Crippen molar-refractivity contribution in [2.75, 3.05) is 4.90 Å². The van der Waals surface area contributed by atoms with Crippen molar-refractivity contribution in [3.63, 3.8) is 0 Å². The van der Waals surface area contributed by atoms with Crippen LogP contribution in [0.3, 0.4) is 0 Å². The molecule has 0 saturated heterocycles. The van der Waals surface area contributed by atoms with Gasteiger partial charge in [0.25, 0.3) is 0 Å². The van der Waals surface area contributed by atoms with E-state index in [1.54, 1.807) is 0 Å². The van der Waals surface area contributed by atoms with Gasteiger partial charge >= 0.3 is 0 Å². The Labute approximate surface area is 366 Å². The lowest BCUT2D eigenvalue weighted by Gasteiger charge is -2.26. The molecule has 2 heterocycles. The minimum atomic E-state index is 0.877. The fraction of sp³-hybridized carbons (Fsp3) is 0. The Hall–Kier alpha value is -8.40. The Morgan fingerprint density at radius 2 is 0.730 bits per heavy atom. The molecule has 0 bridgehead atoms. The Morgan fingerprint density at radius 3 is 1.38 bits per heavy atom. The average molecular weight is 805 g/mol. The molecule has 0 saturated carbocycles. The number of anilines is 3. The molecule has 0 aliphatic carbocycles. The largest absolute Gasteiger partial charge is 0.456 e. The third-order valence-electron chi connectivity index (χ3n) is 12.4. The van der Waals surface area contributed by atoms with Crippen molar-refractivity contribution in [1.82, 2.24) is 4.57 Å². The molecule has 2 aromatic heterocycles. The number of aromatic nitrogens is 1. The second-order valence-corrected chi connectivity index (χ2v) is 16.1. The van der Waals surface area contributed by atoms with E-state index in [1.165, 1.54) is 60.8 Å². The third-order valence-corrected chi connectivity index (χ3v) is 12.4. The number of benzene rings is 10. The van der Waals surface area contributed by atoms with E-state index in [2.05, 4.69) is 240 Å². The summed E-state index contributed by atoms with van der Waals surface area (Å²) in [6.07, 6.45) is 0. The van der Waals surface area contributed by atoms with Gasteiger partial charge in [-0.3, -0.25) is 0 Å². The highest BCUT2D eigenvalue weighted by molar-refractivity contribution is 6.10. The standard InChI is InChI=1S/C60H40N2O/c1-2-14-41(15-3-1)42-26-28-43(29-27-42)44-30-34-46(35-31-44)61(48-38-39-60-55(40-48)54-21-9-13-25-59(54)63-60)47-36-32-45(33-37-47)49-16-4-5-17-50(49)51-18-6-10-22-56(51)62-57-23-11-7-19-52(57)53-20-8-12-24-58(53)62/h1-40H. The summed E-state index contributed by atoms with van der Waals surface area (Å²) >= 11 is 0. The van der Waals surface area contributed by atoms with Gasteiger partial charge in [-0.25, -0.2) is 0 Å². The number of nitrogens with zero attached hydrogens (tertiary/aromatic N) is 2. The Bertz CT molecular complexity index is 3550. The molecular formula is C60H40N2O. The molecule has 0 amide bonds. The van der Waals surface area contributed by atoms with E-state index >= 15 is 0 Å². The highest BCUT2D eigenvalue weighted by Gasteiger charge is 2.19. The van der Waals surface area contributed by atoms with Crippen LogP contribution in [0, 0.1) is 0 Å². The summed E-state index contributed by atoms with van der Waals surface area (Å²) in [5.74, 6) is 0. The van der Waals surface area contributed by atoms with E-state index in [9.17, 15) is 0 Å². The summed E-state index contributed by atoms with van der Waals surface area (Å²) in [6, 6.07) is 87.1. The van der Waals surface area contributed by atoms with Gasteiger partial charge in [0.2, 0.25) is 0 Å². The van der Waals surface area contributed by atoms with Crippen molar-refractivity contribution in [3.8, 4) is 50.2 Å². The van der Waals surface area contributed by atoms with E-state index in [1.807, 2.05) is 12.1 Å². The van der Waals surface area contributed by atoms with Gasteiger partial charge in [0, 0.05) is 44.2 Å². The van der Waals surface area contributed by atoms with Gasteiger partial charge in [0.05, 0.1) is 16.7 Å². The maximum absolute atomic E-state index is 6.27. The van der Waals surface area contributed by atoms with E-state index in [0.29, 0.717) is 0 Å². The summed E-state index contributed by atoms with van der Waals surface area (Å²) in [5, 5.41) is 4.71. The third kappa shape index (κ3) is 6.38. The number of para-hydroxylation sites is 4. The van der Waals surface area contributed by atoms with E-state index in [0.717, 1.165) is 50.3 Å². The Morgan fingerprint density at radius 1 is 0.286 bits per heavy atom. The molecule has 0 aliphatic rings. The number of furan rings is 1. The first-order valence-electron chi connectivity index (χ1n) is 21.5. The van der Waals surface area contributed by atoms with Gasteiger partial charge in [-0.15, -0.1) is 0 Å². The van der Waals surface area contributed by atoms with Crippen LogP contribution in [0.4, 0.5) is 17.1 Å². The normalized spacial score (nSPS) is 11.5. The first-order chi connectivity index (χ1) is 31.2. The van der Waals surface area contributed by atoms with Gasteiger partial charge in [-0.1, -0.05) is 176 Å². The topological polar surface area (TPSA) is 21.3 Å². The lowest BCUT2D eigenvalue weighted by molar-refractivity contribution is 0.669. The molecule has 3 nitrogen and oxygen atoms in total. The molecule has 0 aliphatic heterocycles. The molecule has 63 heavy (non-hydrogen) atoms. The first-order valence-corrected chi connectivity index (χ1v) is 21.5. The van der Waals surface area contributed by atoms with Crippen molar-refractivity contribution in [2.45, 2.75) is 0 Å². The maximum atomic E-state index is 6.27. The highest BCUT2D eigenvalue weighted by Crippen LogP contribution is 2.43. The quantitative estimate of drug-likeness (QED) is 0.153. The van der Waals surface area contributed by atoms with E-state index in [-0.39, 0.29) is 0 Å². The van der Waals surface area contributed by atoms with Crippen molar-refractivity contribution in [2.24, 2.45) is 0 Å². The fourth-order valence-electron chi connectivity index (χ4n) is 9.43. The summed E-state index contributed by atoms with van der Waals surface area (Å²) in [5.41, 5.74) is 18.0. The summed E-state index contributed by atoms with van der Waals surface area (Å²) in [7, 11) is 0.